The average Bonchev–Trinajstić information content (AvgIpc) is 3.74. The van der Waals surface area contributed by atoms with Gasteiger partial charge >= 0.3 is 0 Å². The van der Waals surface area contributed by atoms with Gasteiger partial charge in [-0.05, 0) is 75.7 Å². The molecule has 244 valence electrons. The number of imide groups is 1. The minimum Gasteiger partial charge on any atom is -0.493 e. The van der Waals surface area contributed by atoms with Crippen molar-refractivity contribution in [3.05, 3.63) is 58.1 Å². The van der Waals surface area contributed by atoms with Crippen LogP contribution in [0, 0.1) is 17.6 Å². The quantitative estimate of drug-likeness (QED) is 0.277. The molecule has 4 fully saturated rings. The number of halogens is 2. The highest BCUT2D eigenvalue weighted by Crippen LogP contribution is 2.33. The molecule has 1 aliphatic carbocycles. The summed E-state index contributed by atoms with van der Waals surface area (Å²) in [6.45, 7) is 3.97. The largest absolute Gasteiger partial charge is 0.493 e. The van der Waals surface area contributed by atoms with Gasteiger partial charge in [0.1, 0.15) is 34.6 Å². The molecule has 0 spiro atoms. The Bertz CT molecular complexity index is 1690. The van der Waals surface area contributed by atoms with E-state index >= 15 is 4.39 Å². The van der Waals surface area contributed by atoms with E-state index in [0.29, 0.717) is 64.5 Å². The molecular formula is C33H38F2N6O4S. The van der Waals surface area contributed by atoms with Crippen molar-refractivity contribution < 1.29 is 23.1 Å². The van der Waals surface area contributed by atoms with Crippen LogP contribution in [0.2, 0.25) is 0 Å². The number of amides is 2. The van der Waals surface area contributed by atoms with E-state index in [4.69, 9.17) is 4.74 Å². The van der Waals surface area contributed by atoms with Crippen LogP contribution in [0.3, 0.4) is 0 Å². The van der Waals surface area contributed by atoms with Gasteiger partial charge in [-0.2, -0.15) is 11.8 Å². The van der Waals surface area contributed by atoms with E-state index in [2.05, 4.69) is 30.4 Å². The first-order chi connectivity index (χ1) is 22.3. The maximum Gasteiger partial charge on any atom is 0.261 e. The zero-order chi connectivity index (χ0) is 31.8. The smallest absolute Gasteiger partial charge is 0.261 e. The number of aromatic amines is 1. The minimum atomic E-state index is -0.615. The predicted molar refractivity (Wildman–Crippen MR) is 173 cm³/mol. The Morgan fingerprint density at radius 1 is 0.978 bits per heavy atom. The number of hydrogen-bond donors (Lipinski definition) is 3. The Labute approximate surface area is 269 Å². The van der Waals surface area contributed by atoms with E-state index in [1.807, 2.05) is 0 Å². The van der Waals surface area contributed by atoms with Crippen LogP contribution in [0.1, 0.15) is 50.8 Å². The third-order valence-corrected chi connectivity index (χ3v) is 10.8. The number of aromatic nitrogens is 2. The highest BCUT2D eigenvalue weighted by molar-refractivity contribution is 7.99. The Kier molecular flexibility index (Phi) is 8.86. The standard InChI is InChI=1S/C33H38F2N6O4S/c34-24-13-20(36-26-4-6-30(42)39-32(26)43)3-5-28(24)41-10-7-21(16-41)40-11-8-23(9-12-40)46-18-29-37-27-15-22(45-17-19-1-2-19)14-25(35)31(27)33(44)38-29/h3,5,13-15,19,21,23,26,36H,1-2,4,6-12,16-18H2,(H,37,38,44)(H,39,42,43). The van der Waals surface area contributed by atoms with E-state index in [1.165, 1.54) is 12.1 Å². The molecule has 0 bridgehead atoms. The van der Waals surface area contributed by atoms with E-state index in [1.54, 1.807) is 30.0 Å². The van der Waals surface area contributed by atoms with E-state index in [0.717, 1.165) is 58.3 Å². The lowest BCUT2D eigenvalue weighted by atomic mass is 10.1. The molecule has 1 aromatic heterocycles. The minimum absolute atomic E-state index is 0.0360. The van der Waals surface area contributed by atoms with Gasteiger partial charge < -0.3 is 19.9 Å². The summed E-state index contributed by atoms with van der Waals surface area (Å²) in [5.74, 6) is 0.405. The van der Waals surface area contributed by atoms with Crippen molar-refractivity contribution in [1.29, 1.82) is 0 Å². The van der Waals surface area contributed by atoms with Crippen molar-refractivity contribution in [2.45, 2.75) is 68.0 Å². The maximum absolute atomic E-state index is 15.2. The van der Waals surface area contributed by atoms with E-state index in [9.17, 15) is 18.8 Å². The molecule has 3 aromatic rings. The number of thioether (sulfide) groups is 1. The molecule has 13 heteroatoms. The van der Waals surface area contributed by atoms with Gasteiger partial charge in [0, 0.05) is 48.6 Å². The third kappa shape index (κ3) is 7.00. The first-order valence-corrected chi connectivity index (χ1v) is 17.2. The first kappa shape index (κ1) is 30.9. The highest BCUT2D eigenvalue weighted by atomic mass is 32.2. The van der Waals surface area contributed by atoms with Crippen LogP contribution >= 0.6 is 11.8 Å². The Morgan fingerprint density at radius 2 is 1.80 bits per heavy atom. The Hall–Kier alpha value is -3.71. The number of nitrogens with zero attached hydrogens (tertiary/aromatic N) is 3. The molecule has 4 heterocycles. The Balaban J connectivity index is 0.895. The van der Waals surface area contributed by atoms with Crippen LogP contribution in [0.15, 0.2) is 35.1 Å². The van der Waals surface area contributed by atoms with Crippen LogP contribution in [-0.2, 0) is 15.3 Å². The highest BCUT2D eigenvalue weighted by Gasteiger charge is 2.32. The van der Waals surface area contributed by atoms with E-state index in [-0.39, 0.29) is 29.4 Å². The summed E-state index contributed by atoms with van der Waals surface area (Å²) in [6.07, 6.45) is 5.88. The van der Waals surface area contributed by atoms with Gasteiger partial charge in [0.15, 0.2) is 0 Å². The summed E-state index contributed by atoms with van der Waals surface area (Å²) >= 11 is 1.76. The number of benzene rings is 2. The molecule has 3 aliphatic heterocycles. The second kappa shape index (κ2) is 13.2. The molecule has 2 aromatic carbocycles. The van der Waals surface area contributed by atoms with Crippen molar-refractivity contribution in [3.63, 3.8) is 0 Å². The molecule has 2 atom stereocenters. The monoisotopic (exact) mass is 652 g/mol. The van der Waals surface area contributed by atoms with Gasteiger partial charge in [0.25, 0.3) is 5.56 Å². The topological polar surface area (TPSA) is 120 Å². The van der Waals surface area contributed by atoms with Crippen molar-refractivity contribution in [1.82, 2.24) is 20.2 Å². The van der Waals surface area contributed by atoms with Crippen LogP contribution < -0.4 is 25.8 Å². The fourth-order valence-electron chi connectivity index (χ4n) is 6.65. The molecule has 1 saturated carbocycles. The fraction of sp³-hybridized carbons (Fsp3) is 0.515. The molecule has 0 radical (unpaired) electrons. The van der Waals surface area contributed by atoms with Gasteiger partial charge in [0.2, 0.25) is 11.8 Å². The number of anilines is 2. The van der Waals surface area contributed by atoms with Gasteiger partial charge in [-0.15, -0.1) is 0 Å². The molecule has 7 rings (SSSR count). The van der Waals surface area contributed by atoms with Gasteiger partial charge in [-0.3, -0.25) is 24.6 Å². The lowest BCUT2D eigenvalue weighted by Crippen LogP contribution is -2.47. The zero-order valence-corrected chi connectivity index (χ0v) is 26.3. The summed E-state index contributed by atoms with van der Waals surface area (Å²) in [6, 6.07) is 7.68. The molecule has 4 aliphatic rings. The number of ether oxygens (including phenoxy) is 1. The SMILES string of the molecule is O=C1CCC(Nc2ccc(N3CCC(N4CCC(SCc5nc6cc(OCC7CC7)cc(F)c6c(=O)[nH]5)CC4)C3)c(F)c2)C(=O)N1. The molecule has 10 nitrogen and oxygen atoms in total. The number of nitrogens with one attached hydrogen (secondary N) is 3. The molecule has 2 amide bonds. The van der Waals surface area contributed by atoms with E-state index < -0.39 is 17.4 Å². The summed E-state index contributed by atoms with van der Waals surface area (Å²) in [7, 11) is 0. The van der Waals surface area contributed by atoms with Crippen LogP contribution in [0.4, 0.5) is 20.2 Å². The van der Waals surface area contributed by atoms with Crippen LogP contribution in [0.25, 0.3) is 10.9 Å². The Morgan fingerprint density at radius 3 is 2.57 bits per heavy atom. The average molecular weight is 653 g/mol. The van der Waals surface area contributed by atoms with Crippen LogP contribution in [0.5, 0.6) is 5.75 Å². The third-order valence-electron chi connectivity index (χ3n) is 9.45. The normalized spacial score (nSPS) is 22.8. The number of likely N-dealkylation sites (tertiary alicyclic amines) is 1. The van der Waals surface area contributed by atoms with Gasteiger partial charge in [-0.25, -0.2) is 13.8 Å². The number of piperidine rings is 2. The van der Waals surface area contributed by atoms with Gasteiger partial charge in [0.05, 0.1) is 23.6 Å². The van der Waals surface area contributed by atoms with Gasteiger partial charge in [-0.1, -0.05) is 0 Å². The predicted octanol–water partition coefficient (Wildman–Crippen LogP) is 4.18. The number of carbonyl (C=O) groups excluding carboxylic acids is 2. The second-order valence-corrected chi connectivity index (χ2v) is 14.1. The number of hydrogen-bond acceptors (Lipinski definition) is 9. The molecule has 3 saturated heterocycles. The summed E-state index contributed by atoms with van der Waals surface area (Å²) < 4.78 is 35.6. The van der Waals surface area contributed by atoms with Crippen molar-refractivity contribution in [2.75, 3.05) is 43.0 Å². The molecular weight excluding hydrogens is 614 g/mol. The summed E-state index contributed by atoms with van der Waals surface area (Å²) in [5, 5.41) is 5.74. The molecule has 46 heavy (non-hydrogen) atoms. The first-order valence-electron chi connectivity index (χ1n) is 16.1. The lowest BCUT2D eigenvalue weighted by Gasteiger charge is -2.35. The number of fused-ring (bicyclic) bond motifs is 1. The van der Waals surface area contributed by atoms with Crippen molar-refractivity contribution in [2.24, 2.45) is 5.92 Å². The fourth-order valence-corrected chi connectivity index (χ4v) is 7.72. The lowest BCUT2D eigenvalue weighted by molar-refractivity contribution is -0.133. The second-order valence-electron chi connectivity index (χ2n) is 12.8. The zero-order valence-electron chi connectivity index (χ0n) is 25.5. The number of H-pyrrole nitrogens is 1. The maximum atomic E-state index is 15.2. The molecule has 3 N–H and O–H groups in total. The summed E-state index contributed by atoms with van der Waals surface area (Å²) in [4.78, 5) is 48.0. The summed E-state index contributed by atoms with van der Waals surface area (Å²) in [5.41, 5.74) is 0.926. The number of carbonyl (C=O) groups is 2. The van der Waals surface area contributed by atoms with Crippen molar-refractivity contribution in [3.8, 4) is 5.75 Å². The number of rotatable bonds is 10. The van der Waals surface area contributed by atoms with Crippen LogP contribution in [-0.4, -0.2) is 76.8 Å². The molecule has 2 unspecified atom stereocenters. The van der Waals surface area contributed by atoms with Crippen molar-refractivity contribution >= 4 is 45.9 Å².